The van der Waals surface area contributed by atoms with E-state index in [1.165, 1.54) is 4.31 Å². The molecule has 31 heavy (non-hydrogen) atoms. The van der Waals surface area contributed by atoms with Crippen LogP contribution < -0.4 is 0 Å². The van der Waals surface area contributed by atoms with Crippen molar-refractivity contribution in [3.63, 3.8) is 0 Å². The zero-order chi connectivity index (χ0) is 22.2. The van der Waals surface area contributed by atoms with Crippen LogP contribution in [0.5, 0.6) is 0 Å². The minimum absolute atomic E-state index is 0.0671. The zero-order valence-corrected chi connectivity index (χ0v) is 17.5. The van der Waals surface area contributed by atoms with Crippen LogP contribution in [0.1, 0.15) is 16.1 Å². The van der Waals surface area contributed by atoms with Crippen molar-refractivity contribution in [2.75, 3.05) is 26.2 Å². The summed E-state index contributed by atoms with van der Waals surface area (Å²) in [6.45, 7) is 2.46. The molecule has 1 aliphatic rings. The second-order valence-electron chi connectivity index (χ2n) is 7.20. The van der Waals surface area contributed by atoms with Crippen LogP contribution in [0.15, 0.2) is 59.6 Å². The average molecular weight is 446 g/mol. The Morgan fingerprint density at radius 3 is 2.19 bits per heavy atom. The molecular formula is C21H20F2N4O3S. The molecule has 162 valence electrons. The van der Waals surface area contributed by atoms with Crippen LogP contribution >= 0.6 is 0 Å². The summed E-state index contributed by atoms with van der Waals surface area (Å²) >= 11 is 0. The molecule has 0 unspecified atom stereocenters. The summed E-state index contributed by atoms with van der Waals surface area (Å²) in [6.07, 6.45) is 1.70. The van der Waals surface area contributed by atoms with Gasteiger partial charge in [-0.25, -0.2) is 21.9 Å². The summed E-state index contributed by atoms with van der Waals surface area (Å²) in [5.74, 6) is -2.53. The Kier molecular flexibility index (Phi) is 5.59. The van der Waals surface area contributed by atoms with Crippen molar-refractivity contribution in [3.05, 3.63) is 77.6 Å². The fourth-order valence-electron chi connectivity index (χ4n) is 3.49. The molecule has 1 amide bonds. The van der Waals surface area contributed by atoms with Gasteiger partial charge in [-0.15, -0.1) is 0 Å². The number of sulfonamides is 1. The lowest BCUT2D eigenvalue weighted by molar-refractivity contribution is 0.0698. The SMILES string of the molecule is Cc1ccnn1-c1ccc(C(=O)N2CCN(S(=O)(=O)c3ccc(F)c(F)c3)CC2)cc1. The third kappa shape index (κ3) is 4.08. The highest BCUT2D eigenvalue weighted by Crippen LogP contribution is 2.21. The second kappa shape index (κ2) is 8.20. The molecule has 3 aromatic rings. The van der Waals surface area contributed by atoms with Gasteiger partial charge in [0.2, 0.25) is 10.0 Å². The van der Waals surface area contributed by atoms with Crippen LogP contribution in [0.2, 0.25) is 0 Å². The molecule has 1 aliphatic heterocycles. The first kappa shape index (κ1) is 21.1. The van der Waals surface area contributed by atoms with E-state index >= 15 is 0 Å². The van der Waals surface area contributed by atoms with Crippen molar-refractivity contribution >= 4 is 15.9 Å². The fourth-order valence-corrected chi connectivity index (χ4v) is 4.92. The van der Waals surface area contributed by atoms with Gasteiger partial charge >= 0.3 is 0 Å². The van der Waals surface area contributed by atoms with Crippen LogP contribution in [-0.4, -0.2) is 59.5 Å². The van der Waals surface area contributed by atoms with E-state index in [1.807, 2.05) is 13.0 Å². The van der Waals surface area contributed by atoms with Crippen molar-refractivity contribution in [2.24, 2.45) is 0 Å². The number of amides is 1. The first-order chi connectivity index (χ1) is 14.8. The lowest BCUT2D eigenvalue weighted by Crippen LogP contribution is -2.50. The summed E-state index contributed by atoms with van der Waals surface area (Å²) < 4.78 is 54.9. The Balaban J connectivity index is 1.43. The predicted molar refractivity (Wildman–Crippen MR) is 109 cm³/mol. The van der Waals surface area contributed by atoms with E-state index in [9.17, 15) is 22.0 Å². The minimum Gasteiger partial charge on any atom is -0.336 e. The van der Waals surface area contributed by atoms with Gasteiger partial charge in [0.1, 0.15) is 0 Å². The van der Waals surface area contributed by atoms with Gasteiger partial charge in [0.15, 0.2) is 11.6 Å². The predicted octanol–water partition coefficient (Wildman–Crippen LogP) is 2.61. The third-order valence-electron chi connectivity index (χ3n) is 5.25. The maximum atomic E-state index is 13.5. The van der Waals surface area contributed by atoms with Crippen molar-refractivity contribution in [1.29, 1.82) is 0 Å². The normalized spacial score (nSPS) is 15.3. The number of benzene rings is 2. The molecular weight excluding hydrogens is 426 g/mol. The number of rotatable bonds is 4. The van der Waals surface area contributed by atoms with E-state index < -0.39 is 21.7 Å². The van der Waals surface area contributed by atoms with E-state index in [2.05, 4.69) is 5.10 Å². The Bertz CT molecular complexity index is 1220. The average Bonchev–Trinajstić information content (AvgIpc) is 3.21. The van der Waals surface area contributed by atoms with Gasteiger partial charge in [-0.05, 0) is 55.5 Å². The van der Waals surface area contributed by atoms with Gasteiger partial charge in [-0.2, -0.15) is 9.40 Å². The Morgan fingerprint density at radius 1 is 0.935 bits per heavy atom. The third-order valence-corrected chi connectivity index (χ3v) is 7.14. The summed E-state index contributed by atoms with van der Waals surface area (Å²) in [4.78, 5) is 14.1. The van der Waals surface area contributed by atoms with Crippen LogP contribution in [0.3, 0.4) is 0 Å². The number of halogens is 2. The lowest BCUT2D eigenvalue weighted by Gasteiger charge is -2.34. The number of nitrogens with zero attached hydrogens (tertiary/aromatic N) is 4. The molecule has 0 N–H and O–H groups in total. The molecule has 2 aromatic carbocycles. The van der Waals surface area contributed by atoms with Gasteiger partial charge in [0.05, 0.1) is 10.6 Å². The lowest BCUT2D eigenvalue weighted by atomic mass is 10.1. The molecule has 0 spiro atoms. The standard InChI is InChI=1S/C21H20F2N4O3S/c1-15-8-9-24-27(15)17-4-2-16(3-5-17)21(28)25-10-12-26(13-11-25)31(29,30)18-6-7-19(22)20(23)14-18/h2-9,14H,10-13H2,1H3. The van der Waals surface area contributed by atoms with Crippen LogP contribution in [0.4, 0.5) is 8.78 Å². The first-order valence-electron chi connectivity index (χ1n) is 9.63. The summed E-state index contributed by atoms with van der Waals surface area (Å²) in [7, 11) is -3.97. The summed E-state index contributed by atoms with van der Waals surface area (Å²) in [5, 5.41) is 4.23. The molecule has 0 aliphatic carbocycles. The van der Waals surface area contributed by atoms with E-state index in [0.29, 0.717) is 11.6 Å². The second-order valence-corrected chi connectivity index (χ2v) is 9.14. The number of carbonyl (C=O) groups excluding carboxylic acids is 1. The maximum absolute atomic E-state index is 13.5. The van der Waals surface area contributed by atoms with E-state index in [4.69, 9.17) is 0 Å². The molecule has 1 saturated heterocycles. The number of carbonyl (C=O) groups is 1. The van der Waals surface area contributed by atoms with Crippen LogP contribution in [0, 0.1) is 18.6 Å². The molecule has 7 nitrogen and oxygen atoms in total. The van der Waals surface area contributed by atoms with Crippen LogP contribution in [-0.2, 0) is 10.0 Å². The molecule has 0 atom stereocenters. The molecule has 0 radical (unpaired) electrons. The van der Waals surface area contributed by atoms with Gasteiger partial charge < -0.3 is 4.90 Å². The molecule has 1 fully saturated rings. The van der Waals surface area contributed by atoms with Crippen LogP contribution in [0.25, 0.3) is 5.69 Å². The van der Waals surface area contributed by atoms with Crippen molar-refractivity contribution in [1.82, 2.24) is 19.0 Å². The monoisotopic (exact) mass is 446 g/mol. The molecule has 0 saturated carbocycles. The Labute approximate surface area is 178 Å². The van der Waals surface area contributed by atoms with Gasteiger partial charge in [0, 0.05) is 43.6 Å². The molecule has 2 heterocycles. The largest absolute Gasteiger partial charge is 0.336 e. The highest BCUT2D eigenvalue weighted by atomic mass is 32.2. The zero-order valence-electron chi connectivity index (χ0n) is 16.7. The molecule has 4 rings (SSSR count). The van der Waals surface area contributed by atoms with Crippen molar-refractivity contribution in [3.8, 4) is 5.69 Å². The van der Waals surface area contributed by atoms with Crippen molar-refractivity contribution in [2.45, 2.75) is 11.8 Å². The van der Waals surface area contributed by atoms with Gasteiger partial charge in [-0.1, -0.05) is 0 Å². The Morgan fingerprint density at radius 2 is 1.61 bits per heavy atom. The van der Waals surface area contributed by atoms with E-state index in [-0.39, 0.29) is 37.0 Å². The Hall–Kier alpha value is -3.11. The van der Waals surface area contributed by atoms with Gasteiger partial charge in [-0.3, -0.25) is 4.79 Å². The molecule has 0 bridgehead atoms. The number of piperazine rings is 1. The molecule has 10 heteroatoms. The van der Waals surface area contributed by atoms with E-state index in [0.717, 1.165) is 23.5 Å². The highest BCUT2D eigenvalue weighted by Gasteiger charge is 2.31. The smallest absolute Gasteiger partial charge is 0.253 e. The number of aromatic nitrogens is 2. The fraction of sp³-hybridized carbons (Fsp3) is 0.238. The number of hydrogen-bond donors (Lipinski definition) is 0. The minimum atomic E-state index is -3.97. The number of hydrogen-bond acceptors (Lipinski definition) is 4. The highest BCUT2D eigenvalue weighted by molar-refractivity contribution is 7.89. The summed E-state index contributed by atoms with van der Waals surface area (Å²) in [5.41, 5.74) is 2.30. The van der Waals surface area contributed by atoms with Gasteiger partial charge in [0.25, 0.3) is 5.91 Å². The quantitative estimate of drug-likeness (QED) is 0.618. The molecule has 1 aromatic heterocycles. The maximum Gasteiger partial charge on any atom is 0.253 e. The topological polar surface area (TPSA) is 75.5 Å². The van der Waals surface area contributed by atoms with E-state index in [1.54, 1.807) is 40.0 Å². The first-order valence-corrected chi connectivity index (χ1v) is 11.1. The van der Waals surface area contributed by atoms with Crippen molar-refractivity contribution < 1.29 is 22.0 Å². The summed E-state index contributed by atoms with van der Waals surface area (Å²) in [6, 6.07) is 11.4. The number of aryl methyl sites for hydroxylation is 1.